The highest BCUT2D eigenvalue weighted by molar-refractivity contribution is 5.74. The number of urea groups is 1. The molecular weight excluding hydrogens is 316 g/mol. The van der Waals surface area contributed by atoms with Gasteiger partial charge in [0.2, 0.25) is 0 Å². The minimum absolute atomic E-state index is 0.0279. The Kier molecular flexibility index (Phi) is 6.64. The van der Waals surface area contributed by atoms with Crippen LogP contribution in [0.5, 0.6) is 0 Å². The molecule has 2 amide bonds. The quantitative estimate of drug-likeness (QED) is 0.804. The van der Waals surface area contributed by atoms with Crippen LogP contribution in [0.15, 0.2) is 24.4 Å². The number of carbonyl (C=O) groups is 1. The second-order valence-corrected chi connectivity index (χ2v) is 6.96. The molecule has 1 aliphatic heterocycles. The van der Waals surface area contributed by atoms with Crippen LogP contribution < -0.4 is 5.32 Å². The summed E-state index contributed by atoms with van der Waals surface area (Å²) >= 11 is 0. The summed E-state index contributed by atoms with van der Waals surface area (Å²) in [5, 5.41) is 2.98. The third kappa shape index (κ3) is 5.16. The number of amides is 2. The van der Waals surface area contributed by atoms with Gasteiger partial charge < -0.3 is 15.0 Å². The summed E-state index contributed by atoms with van der Waals surface area (Å²) in [6, 6.07) is 6.34. The third-order valence-electron chi connectivity index (χ3n) is 5.30. The van der Waals surface area contributed by atoms with Crippen molar-refractivity contribution in [2.45, 2.75) is 44.8 Å². The van der Waals surface area contributed by atoms with Gasteiger partial charge in [-0.15, -0.1) is 0 Å². The van der Waals surface area contributed by atoms with E-state index in [-0.39, 0.29) is 12.1 Å². The van der Waals surface area contributed by atoms with Gasteiger partial charge in [0.1, 0.15) is 0 Å². The van der Waals surface area contributed by atoms with Crippen LogP contribution in [0.25, 0.3) is 0 Å². The van der Waals surface area contributed by atoms with Gasteiger partial charge in [-0.3, -0.25) is 9.88 Å². The lowest BCUT2D eigenvalue weighted by Gasteiger charge is -2.37. The Labute approximate surface area is 150 Å². The minimum atomic E-state index is 0.0279. The van der Waals surface area contributed by atoms with Crippen molar-refractivity contribution in [3.63, 3.8) is 0 Å². The fraction of sp³-hybridized carbons (Fsp3) is 0.684. The van der Waals surface area contributed by atoms with Crippen LogP contribution in [0.1, 0.15) is 44.3 Å². The highest BCUT2D eigenvalue weighted by atomic mass is 16.5. The van der Waals surface area contributed by atoms with E-state index in [4.69, 9.17) is 4.74 Å². The molecule has 6 nitrogen and oxygen atoms in total. The number of carbonyl (C=O) groups excluding carboxylic acids is 1. The molecule has 1 aliphatic carbocycles. The number of piperazine rings is 1. The third-order valence-corrected chi connectivity index (χ3v) is 5.30. The van der Waals surface area contributed by atoms with Crippen molar-refractivity contribution >= 4 is 6.03 Å². The molecule has 6 heteroatoms. The lowest BCUT2D eigenvalue weighted by atomic mass is 10.1. The Morgan fingerprint density at radius 1 is 1.28 bits per heavy atom. The maximum atomic E-state index is 12.3. The van der Waals surface area contributed by atoms with E-state index in [1.54, 1.807) is 0 Å². The smallest absolute Gasteiger partial charge is 0.317 e. The summed E-state index contributed by atoms with van der Waals surface area (Å²) in [7, 11) is 0. The monoisotopic (exact) mass is 346 g/mol. The Morgan fingerprint density at radius 3 is 2.72 bits per heavy atom. The van der Waals surface area contributed by atoms with Crippen LogP contribution in [-0.2, 0) is 4.74 Å². The second-order valence-electron chi connectivity index (χ2n) is 6.96. The zero-order valence-corrected chi connectivity index (χ0v) is 15.2. The largest absolute Gasteiger partial charge is 0.376 e. The van der Waals surface area contributed by atoms with Crippen LogP contribution >= 0.6 is 0 Å². The number of hydrogen-bond acceptors (Lipinski definition) is 4. The molecule has 1 aromatic heterocycles. The number of aromatic nitrogens is 1. The van der Waals surface area contributed by atoms with Crippen LogP contribution in [0.4, 0.5) is 4.79 Å². The minimum Gasteiger partial charge on any atom is -0.376 e. The molecule has 0 aromatic carbocycles. The zero-order chi connectivity index (χ0) is 17.5. The van der Waals surface area contributed by atoms with Gasteiger partial charge in [0.25, 0.3) is 0 Å². The topological polar surface area (TPSA) is 57.7 Å². The summed E-state index contributed by atoms with van der Waals surface area (Å²) < 4.78 is 5.79. The molecule has 0 spiro atoms. The molecule has 0 radical (unpaired) electrons. The molecule has 138 valence electrons. The van der Waals surface area contributed by atoms with E-state index in [0.29, 0.717) is 19.3 Å². The molecule has 2 aliphatic rings. The SMILES string of the molecule is C[C@@H](c1ccccn1)N1CCN(C(=O)NCCOC2CCCC2)CC1. The first kappa shape index (κ1) is 18.1. The molecule has 2 fully saturated rings. The van der Waals surface area contributed by atoms with Crippen LogP contribution in [0.3, 0.4) is 0 Å². The summed E-state index contributed by atoms with van der Waals surface area (Å²) in [5.41, 5.74) is 1.09. The van der Waals surface area contributed by atoms with E-state index in [1.807, 2.05) is 23.2 Å². The molecule has 2 heterocycles. The maximum Gasteiger partial charge on any atom is 0.317 e. The van der Waals surface area contributed by atoms with E-state index in [1.165, 1.54) is 25.7 Å². The van der Waals surface area contributed by atoms with Gasteiger partial charge in [0.15, 0.2) is 0 Å². The van der Waals surface area contributed by atoms with E-state index in [9.17, 15) is 4.79 Å². The number of ether oxygens (including phenoxy) is 1. The van der Waals surface area contributed by atoms with Crippen molar-refractivity contribution in [2.24, 2.45) is 0 Å². The van der Waals surface area contributed by atoms with Crippen molar-refractivity contribution < 1.29 is 9.53 Å². The van der Waals surface area contributed by atoms with Gasteiger partial charge in [0.05, 0.1) is 18.4 Å². The summed E-state index contributed by atoms with van der Waals surface area (Å²) in [6.07, 6.45) is 7.14. The van der Waals surface area contributed by atoms with Crippen LogP contribution in [0, 0.1) is 0 Å². The van der Waals surface area contributed by atoms with Gasteiger partial charge in [-0.25, -0.2) is 4.79 Å². The molecule has 1 N–H and O–H groups in total. The van der Waals surface area contributed by atoms with Gasteiger partial charge in [0, 0.05) is 45.0 Å². The zero-order valence-electron chi connectivity index (χ0n) is 15.2. The molecule has 1 saturated carbocycles. The number of nitrogens with one attached hydrogen (secondary N) is 1. The van der Waals surface area contributed by atoms with Gasteiger partial charge in [-0.05, 0) is 31.9 Å². The number of nitrogens with zero attached hydrogens (tertiary/aromatic N) is 3. The van der Waals surface area contributed by atoms with E-state index < -0.39 is 0 Å². The molecule has 25 heavy (non-hydrogen) atoms. The van der Waals surface area contributed by atoms with Crippen molar-refractivity contribution in [3.05, 3.63) is 30.1 Å². The molecule has 1 atom stereocenters. The lowest BCUT2D eigenvalue weighted by molar-refractivity contribution is 0.0595. The number of pyridine rings is 1. The highest BCUT2D eigenvalue weighted by Gasteiger charge is 2.25. The van der Waals surface area contributed by atoms with Gasteiger partial charge in [-0.1, -0.05) is 18.9 Å². The average molecular weight is 346 g/mol. The molecule has 3 rings (SSSR count). The van der Waals surface area contributed by atoms with Crippen molar-refractivity contribution in [2.75, 3.05) is 39.3 Å². The van der Waals surface area contributed by atoms with Crippen molar-refractivity contribution in [3.8, 4) is 0 Å². The first-order chi connectivity index (χ1) is 12.2. The van der Waals surface area contributed by atoms with Gasteiger partial charge >= 0.3 is 6.03 Å². The Balaban J connectivity index is 1.34. The number of hydrogen-bond donors (Lipinski definition) is 1. The second kappa shape index (κ2) is 9.15. The molecular formula is C19H30N4O2. The average Bonchev–Trinajstić information content (AvgIpc) is 3.19. The molecule has 1 saturated heterocycles. The summed E-state index contributed by atoms with van der Waals surface area (Å²) in [4.78, 5) is 21.0. The summed E-state index contributed by atoms with van der Waals surface area (Å²) in [6.45, 7) is 6.66. The fourth-order valence-electron chi connectivity index (χ4n) is 3.67. The van der Waals surface area contributed by atoms with Crippen LogP contribution in [-0.4, -0.2) is 66.2 Å². The highest BCUT2D eigenvalue weighted by Crippen LogP contribution is 2.21. The Morgan fingerprint density at radius 2 is 2.04 bits per heavy atom. The predicted molar refractivity (Wildman–Crippen MR) is 97.4 cm³/mol. The first-order valence-electron chi connectivity index (χ1n) is 9.53. The van der Waals surface area contributed by atoms with E-state index >= 15 is 0 Å². The fourth-order valence-corrected chi connectivity index (χ4v) is 3.67. The lowest BCUT2D eigenvalue weighted by Crippen LogP contribution is -2.52. The van der Waals surface area contributed by atoms with E-state index in [2.05, 4.69) is 28.2 Å². The Hall–Kier alpha value is -1.66. The predicted octanol–water partition coefficient (Wildman–Crippen LogP) is 2.43. The van der Waals surface area contributed by atoms with Crippen molar-refractivity contribution in [1.29, 1.82) is 0 Å². The summed E-state index contributed by atoms with van der Waals surface area (Å²) in [5.74, 6) is 0. The van der Waals surface area contributed by atoms with Crippen molar-refractivity contribution in [1.82, 2.24) is 20.1 Å². The van der Waals surface area contributed by atoms with E-state index in [0.717, 1.165) is 31.9 Å². The molecule has 0 unspecified atom stereocenters. The Bertz CT molecular complexity index is 525. The first-order valence-corrected chi connectivity index (χ1v) is 9.53. The molecule has 1 aromatic rings. The van der Waals surface area contributed by atoms with Gasteiger partial charge in [-0.2, -0.15) is 0 Å². The molecule has 0 bridgehead atoms. The standard InChI is InChI=1S/C19H30N4O2/c1-16(18-8-4-5-9-20-18)22-11-13-23(14-12-22)19(24)21-10-15-25-17-6-2-3-7-17/h4-5,8-9,16-17H,2-3,6-7,10-15H2,1H3,(H,21,24)/t16-/m0/s1. The normalized spacial score (nSPS) is 20.6. The van der Waals surface area contributed by atoms with Crippen LogP contribution in [0.2, 0.25) is 0 Å². The maximum absolute atomic E-state index is 12.3. The number of rotatable bonds is 6.